The topological polar surface area (TPSA) is 104 Å². The van der Waals surface area contributed by atoms with Gasteiger partial charge < -0.3 is 11.5 Å². The Balaban J connectivity index is 1.87. The highest BCUT2D eigenvalue weighted by Crippen LogP contribution is 2.38. The normalized spacial score (nSPS) is 11.4. The maximum Gasteiger partial charge on any atom is 0.128 e. The van der Waals surface area contributed by atoms with E-state index in [4.69, 9.17) is 11.5 Å². The van der Waals surface area contributed by atoms with Gasteiger partial charge in [-0.05, 0) is 24.3 Å². The maximum absolute atomic E-state index is 5.91. The minimum atomic E-state index is 0.640. The molecule has 0 aliphatic heterocycles. The molecule has 104 valence electrons. The molecule has 2 aromatic heterocycles. The zero-order valence-electron chi connectivity index (χ0n) is 10.5. The highest BCUT2D eigenvalue weighted by atomic mass is 32.2. The predicted octanol–water partition coefficient (Wildman–Crippen LogP) is 3.01. The third kappa shape index (κ3) is 2.01. The number of benzene rings is 2. The van der Waals surface area contributed by atoms with Crippen LogP contribution in [-0.2, 0) is 0 Å². The summed E-state index contributed by atoms with van der Waals surface area (Å²) in [4.78, 5) is 1.99. The Bertz CT molecular complexity index is 882. The van der Waals surface area contributed by atoms with Crippen LogP contribution >= 0.6 is 35.2 Å². The van der Waals surface area contributed by atoms with Crippen LogP contribution in [0.15, 0.2) is 34.1 Å². The first-order chi connectivity index (χ1) is 10.2. The largest absolute Gasteiger partial charge is 0.397 e. The Labute approximate surface area is 131 Å². The zero-order valence-corrected chi connectivity index (χ0v) is 12.9. The number of anilines is 2. The van der Waals surface area contributed by atoms with E-state index in [1.807, 2.05) is 24.3 Å². The molecule has 0 atom stereocenters. The van der Waals surface area contributed by atoms with Gasteiger partial charge in [0.25, 0.3) is 0 Å². The number of aromatic nitrogens is 4. The van der Waals surface area contributed by atoms with Crippen molar-refractivity contribution in [3.8, 4) is 0 Å². The summed E-state index contributed by atoms with van der Waals surface area (Å²) < 4.78 is 17.1. The molecule has 0 radical (unpaired) electrons. The van der Waals surface area contributed by atoms with Gasteiger partial charge in [-0.3, -0.25) is 0 Å². The number of fused-ring (bicyclic) bond motifs is 2. The van der Waals surface area contributed by atoms with Gasteiger partial charge >= 0.3 is 0 Å². The van der Waals surface area contributed by atoms with Crippen molar-refractivity contribution in [2.45, 2.75) is 9.79 Å². The van der Waals surface area contributed by atoms with Crippen LogP contribution < -0.4 is 11.5 Å². The van der Waals surface area contributed by atoms with Gasteiger partial charge in [-0.1, -0.05) is 11.8 Å². The van der Waals surface area contributed by atoms with Crippen LogP contribution in [0.3, 0.4) is 0 Å². The van der Waals surface area contributed by atoms with Crippen molar-refractivity contribution < 1.29 is 0 Å². The molecule has 0 saturated carbocycles. The van der Waals surface area contributed by atoms with E-state index in [-0.39, 0.29) is 0 Å². The molecule has 21 heavy (non-hydrogen) atoms. The first kappa shape index (κ1) is 12.7. The smallest absolute Gasteiger partial charge is 0.128 e. The molecular weight excluding hydrogens is 324 g/mol. The molecule has 4 aromatic rings. The lowest BCUT2D eigenvalue weighted by atomic mass is 10.3. The molecule has 0 aliphatic rings. The molecule has 0 unspecified atom stereocenters. The van der Waals surface area contributed by atoms with E-state index in [9.17, 15) is 0 Å². The van der Waals surface area contributed by atoms with E-state index < -0.39 is 0 Å². The molecule has 0 fully saturated rings. The molecule has 0 aliphatic carbocycles. The van der Waals surface area contributed by atoms with Crippen LogP contribution in [0.25, 0.3) is 22.1 Å². The number of nitrogens with two attached hydrogens (primary N) is 2. The van der Waals surface area contributed by atoms with Crippen LogP contribution in [-0.4, -0.2) is 17.5 Å². The minimum Gasteiger partial charge on any atom is -0.397 e. The van der Waals surface area contributed by atoms with E-state index in [2.05, 4.69) is 17.5 Å². The fourth-order valence-electron chi connectivity index (χ4n) is 2.01. The summed E-state index contributed by atoms with van der Waals surface area (Å²) in [5.74, 6) is 0. The third-order valence-corrected chi connectivity index (χ3v) is 5.19. The summed E-state index contributed by atoms with van der Waals surface area (Å²) in [6.45, 7) is 0. The van der Waals surface area contributed by atoms with Gasteiger partial charge in [0, 0.05) is 9.79 Å². The maximum atomic E-state index is 5.91. The molecule has 0 amide bonds. The van der Waals surface area contributed by atoms with E-state index in [0.717, 1.165) is 55.3 Å². The minimum absolute atomic E-state index is 0.640. The van der Waals surface area contributed by atoms with Crippen molar-refractivity contribution in [3.05, 3.63) is 24.3 Å². The van der Waals surface area contributed by atoms with Crippen LogP contribution in [0.5, 0.6) is 0 Å². The first-order valence-electron chi connectivity index (χ1n) is 5.93. The van der Waals surface area contributed by atoms with Gasteiger partial charge in [0.2, 0.25) is 0 Å². The molecule has 2 aromatic carbocycles. The quantitative estimate of drug-likeness (QED) is 0.544. The lowest BCUT2D eigenvalue weighted by Crippen LogP contribution is -1.89. The number of hydrogen-bond donors (Lipinski definition) is 2. The van der Waals surface area contributed by atoms with E-state index in [0.29, 0.717) is 11.4 Å². The summed E-state index contributed by atoms with van der Waals surface area (Å²) in [6.07, 6.45) is 0. The van der Waals surface area contributed by atoms with E-state index >= 15 is 0 Å². The van der Waals surface area contributed by atoms with Crippen molar-refractivity contribution in [2.24, 2.45) is 0 Å². The third-order valence-electron chi connectivity index (χ3n) is 3.04. The lowest BCUT2D eigenvalue weighted by Gasteiger charge is -2.05. The summed E-state index contributed by atoms with van der Waals surface area (Å²) >= 11 is 3.89. The molecule has 0 bridgehead atoms. The molecule has 2 heterocycles. The zero-order chi connectivity index (χ0) is 14.4. The fourth-order valence-corrected chi connectivity index (χ4v) is 4.27. The Kier molecular flexibility index (Phi) is 2.91. The Morgan fingerprint density at radius 1 is 0.667 bits per heavy atom. The average molecular weight is 332 g/mol. The Hall–Kier alpha value is -1.97. The fraction of sp³-hybridized carbons (Fsp3) is 0. The number of nitrogens with zero attached hydrogens (tertiary/aromatic N) is 4. The molecular formula is C12H8N6S3. The van der Waals surface area contributed by atoms with Gasteiger partial charge in [0.05, 0.1) is 34.8 Å². The summed E-state index contributed by atoms with van der Waals surface area (Å²) in [5, 5.41) is 0. The average Bonchev–Trinajstić information content (AvgIpc) is 3.14. The standard InChI is InChI=1S/C12H8N6S3/c13-5-1-3-7(11-9(5)15-20-17-11)19-8-4-2-6(14)10-12(8)18-21-16-10/h1-4H,13-14H2. The predicted molar refractivity (Wildman–Crippen MR) is 87.8 cm³/mol. The molecule has 6 nitrogen and oxygen atoms in total. The molecule has 9 heteroatoms. The van der Waals surface area contributed by atoms with Crippen LogP contribution in [0, 0.1) is 0 Å². The molecule has 0 spiro atoms. The summed E-state index contributed by atoms with van der Waals surface area (Å²) in [5.41, 5.74) is 16.2. The van der Waals surface area contributed by atoms with Crippen molar-refractivity contribution in [2.75, 3.05) is 11.5 Å². The van der Waals surface area contributed by atoms with Gasteiger partial charge in [0.15, 0.2) is 0 Å². The second kappa shape index (κ2) is 4.79. The van der Waals surface area contributed by atoms with Crippen LogP contribution in [0.1, 0.15) is 0 Å². The van der Waals surface area contributed by atoms with E-state index in [1.54, 1.807) is 11.8 Å². The number of hydrogen-bond acceptors (Lipinski definition) is 9. The number of rotatable bonds is 2. The monoisotopic (exact) mass is 332 g/mol. The Morgan fingerprint density at radius 2 is 1.10 bits per heavy atom. The van der Waals surface area contributed by atoms with Gasteiger partial charge in [-0.15, -0.1) is 0 Å². The highest BCUT2D eigenvalue weighted by molar-refractivity contribution is 7.99. The van der Waals surface area contributed by atoms with Gasteiger partial charge in [-0.25, -0.2) is 0 Å². The van der Waals surface area contributed by atoms with Crippen molar-refractivity contribution >= 4 is 68.7 Å². The SMILES string of the molecule is Nc1ccc(Sc2ccc(N)c3nsnc23)c2nsnc12. The van der Waals surface area contributed by atoms with Crippen LogP contribution in [0.4, 0.5) is 11.4 Å². The molecule has 0 saturated heterocycles. The van der Waals surface area contributed by atoms with Crippen molar-refractivity contribution in [3.63, 3.8) is 0 Å². The Morgan fingerprint density at radius 3 is 1.57 bits per heavy atom. The highest BCUT2D eigenvalue weighted by Gasteiger charge is 2.14. The van der Waals surface area contributed by atoms with Gasteiger partial charge in [-0.2, -0.15) is 17.5 Å². The van der Waals surface area contributed by atoms with Gasteiger partial charge in [0.1, 0.15) is 22.1 Å². The van der Waals surface area contributed by atoms with Crippen molar-refractivity contribution in [1.82, 2.24) is 17.5 Å². The van der Waals surface area contributed by atoms with E-state index in [1.165, 1.54) is 0 Å². The lowest BCUT2D eigenvalue weighted by molar-refractivity contribution is 1.43. The van der Waals surface area contributed by atoms with Crippen molar-refractivity contribution in [1.29, 1.82) is 0 Å². The number of nitrogen functional groups attached to an aromatic ring is 2. The second-order valence-corrected chi connectivity index (χ2v) is 6.47. The second-order valence-electron chi connectivity index (χ2n) is 4.33. The summed E-state index contributed by atoms with van der Waals surface area (Å²) in [6, 6.07) is 7.59. The first-order valence-corrected chi connectivity index (χ1v) is 8.21. The molecule has 4 rings (SSSR count). The molecule has 4 N–H and O–H groups in total. The summed E-state index contributed by atoms with van der Waals surface area (Å²) in [7, 11) is 0. The van der Waals surface area contributed by atoms with Crippen LogP contribution in [0.2, 0.25) is 0 Å².